The van der Waals surface area contributed by atoms with Gasteiger partial charge in [0.05, 0.1) is 11.1 Å². The highest BCUT2D eigenvalue weighted by Gasteiger charge is 2.17. The molecule has 2 aliphatic rings. The van der Waals surface area contributed by atoms with Crippen LogP contribution in [0.3, 0.4) is 0 Å². The first-order valence-corrected chi connectivity index (χ1v) is 11.2. The van der Waals surface area contributed by atoms with Gasteiger partial charge in [-0.2, -0.15) is 0 Å². The Balaban J connectivity index is 1.29. The lowest BCUT2D eigenvalue weighted by Gasteiger charge is -2.26. The van der Waals surface area contributed by atoms with Crippen LogP contribution in [0.15, 0.2) is 64.7 Å². The number of benzene rings is 2. The van der Waals surface area contributed by atoms with Gasteiger partial charge in [0.1, 0.15) is 18.1 Å². The molecule has 0 amide bonds. The highest BCUT2D eigenvalue weighted by Crippen LogP contribution is 2.31. The van der Waals surface area contributed by atoms with Crippen molar-refractivity contribution in [1.82, 2.24) is 4.90 Å². The fraction of sp³-hybridized carbons (Fsp3) is 0.417. The van der Waals surface area contributed by atoms with Gasteiger partial charge in [-0.25, -0.2) is 0 Å². The largest absolute Gasteiger partial charge is 0.488 e. The molecular formula is C24H28BrNO3. The Kier molecular flexibility index (Phi) is 7.25. The molecular weight excluding hydrogens is 430 g/mol. The third-order valence-electron chi connectivity index (χ3n) is 5.36. The zero-order chi connectivity index (χ0) is 19.9. The van der Waals surface area contributed by atoms with E-state index < -0.39 is 0 Å². The van der Waals surface area contributed by atoms with Crippen LogP contribution in [0.5, 0.6) is 11.5 Å². The monoisotopic (exact) mass is 457 g/mol. The van der Waals surface area contributed by atoms with Gasteiger partial charge in [-0.15, -0.1) is 0 Å². The molecule has 1 atom stereocenters. The Hall–Kier alpha value is -1.82. The van der Waals surface area contributed by atoms with Crippen molar-refractivity contribution in [3.05, 3.63) is 70.2 Å². The van der Waals surface area contributed by atoms with E-state index in [1.165, 1.54) is 11.1 Å². The van der Waals surface area contributed by atoms with Crippen LogP contribution in [0, 0.1) is 0 Å². The predicted octanol–water partition coefficient (Wildman–Crippen LogP) is 5.57. The summed E-state index contributed by atoms with van der Waals surface area (Å²) in [6.07, 6.45) is 6.41. The molecule has 0 saturated carbocycles. The second kappa shape index (κ2) is 10.3. The summed E-state index contributed by atoms with van der Waals surface area (Å²) in [4.78, 5) is 2.47. The molecule has 0 bridgehead atoms. The molecule has 154 valence electrons. The van der Waals surface area contributed by atoms with Crippen molar-refractivity contribution in [2.75, 3.05) is 26.3 Å². The van der Waals surface area contributed by atoms with Crippen molar-refractivity contribution < 1.29 is 14.2 Å². The first kappa shape index (κ1) is 20.5. The summed E-state index contributed by atoms with van der Waals surface area (Å²) in [6, 6.07) is 16.5. The summed E-state index contributed by atoms with van der Waals surface area (Å²) in [7, 11) is 0. The topological polar surface area (TPSA) is 30.9 Å². The smallest absolute Gasteiger partial charge is 0.199 e. The van der Waals surface area contributed by atoms with Crippen LogP contribution in [-0.2, 0) is 11.3 Å². The van der Waals surface area contributed by atoms with Crippen LogP contribution >= 0.6 is 15.9 Å². The molecule has 0 aliphatic carbocycles. The van der Waals surface area contributed by atoms with Crippen molar-refractivity contribution in [2.45, 2.75) is 38.5 Å². The van der Waals surface area contributed by atoms with Crippen LogP contribution in [0.25, 0.3) is 0 Å². The molecule has 4 nitrogen and oxygen atoms in total. The van der Waals surface area contributed by atoms with E-state index in [1.54, 1.807) is 0 Å². The average molecular weight is 458 g/mol. The maximum Gasteiger partial charge on any atom is 0.199 e. The molecule has 5 heteroatoms. The molecule has 0 radical (unpaired) electrons. The molecule has 1 unspecified atom stereocenters. The third-order valence-corrected chi connectivity index (χ3v) is 6.01. The van der Waals surface area contributed by atoms with Crippen LogP contribution in [0.1, 0.15) is 31.2 Å². The highest BCUT2D eigenvalue weighted by atomic mass is 79.9. The molecule has 4 rings (SSSR count). The zero-order valence-electron chi connectivity index (χ0n) is 16.7. The molecule has 2 aromatic carbocycles. The number of hydrogen-bond acceptors (Lipinski definition) is 4. The van der Waals surface area contributed by atoms with E-state index in [0.29, 0.717) is 6.61 Å². The van der Waals surface area contributed by atoms with Gasteiger partial charge in [-0.3, -0.25) is 4.90 Å². The number of rotatable bonds is 7. The van der Waals surface area contributed by atoms with Gasteiger partial charge in [0.25, 0.3) is 0 Å². The Morgan fingerprint density at radius 1 is 1.10 bits per heavy atom. The standard InChI is InChI=1S/C24H28BrNO3/c25-22-10-9-21(29-24-8-4-5-15-27-24)16-23(22)28-18-20-11-13-26(14-12-20)17-19-6-2-1-3-7-19/h1-3,6-7,9-11,16,24H,4-5,8,12-15,17-18H2. The van der Waals surface area contributed by atoms with Crippen molar-refractivity contribution in [3.8, 4) is 11.5 Å². The summed E-state index contributed by atoms with van der Waals surface area (Å²) in [6.45, 7) is 4.42. The number of ether oxygens (including phenoxy) is 3. The van der Waals surface area contributed by atoms with Gasteiger partial charge < -0.3 is 14.2 Å². The molecule has 0 spiro atoms. The minimum Gasteiger partial charge on any atom is -0.488 e. The van der Waals surface area contributed by atoms with Crippen LogP contribution < -0.4 is 9.47 Å². The first-order chi connectivity index (χ1) is 14.3. The lowest BCUT2D eigenvalue weighted by molar-refractivity contribution is -0.105. The van der Waals surface area contributed by atoms with E-state index in [9.17, 15) is 0 Å². The molecule has 2 aromatic rings. The van der Waals surface area contributed by atoms with E-state index in [4.69, 9.17) is 14.2 Å². The Bertz CT molecular complexity index is 818. The summed E-state index contributed by atoms with van der Waals surface area (Å²) < 4.78 is 18.7. The summed E-state index contributed by atoms with van der Waals surface area (Å²) in [5, 5.41) is 0. The predicted molar refractivity (Wildman–Crippen MR) is 118 cm³/mol. The maximum atomic E-state index is 6.11. The lowest BCUT2D eigenvalue weighted by atomic mass is 10.1. The van der Waals surface area contributed by atoms with Gasteiger partial charge in [0.2, 0.25) is 0 Å². The minimum atomic E-state index is -0.144. The van der Waals surface area contributed by atoms with Gasteiger partial charge in [0.15, 0.2) is 6.29 Å². The number of halogens is 1. The fourth-order valence-corrected chi connectivity index (χ4v) is 4.02. The molecule has 1 saturated heterocycles. The van der Waals surface area contributed by atoms with Gasteiger partial charge in [-0.1, -0.05) is 36.4 Å². The molecule has 29 heavy (non-hydrogen) atoms. The fourth-order valence-electron chi connectivity index (χ4n) is 3.66. The van der Waals surface area contributed by atoms with Gasteiger partial charge in [0, 0.05) is 32.1 Å². The van der Waals surface area contributed by atoms with E-state index in [-0.39, 0.29) is 6.29 Å². The molecule has 2 aliphatic heterocycles. The minimum absolute atomic E-state index is 0.144. The van der Waals surface area contributed by atoms with E-state index in [2.05, 4.69) is 57.2 Å². The van der Waals surface area contributed by atoms with Crippen LogP contribution in [0.2, 0.25) is 0 Å². The molecule has 0 aromatic heterocycles. The second-order valence-corrected chi connectivity index (χ2v) is 8.48. The quantitative estimate of drug-likeness (QED) is 0.508. The lowest BCUT2D eigenvalue weighted by Crippen LogP contribution is -2.29. The van der Waals surface area contributed by atoms with Crippen molar-refractivity contribution in [1.29, 1.82) is 0 Å². The SMILES string of the molecule is Brc1ccc(OC2CCCCO2)cc1OCC1=CCN(Cc2ccccc2)CC1. The average Bonchev–Trinajstić information content (AvgIpc) is 2.77. The van der Waals surface area contributed by atoms with Crippen LogP contribution in [0.4, 0.5) is 0 Å². The molecule has 1 fully saturated rings. The Morgan fingerprint density at radius 2 is 2.00 bits per heavy atom. The molecule has 0 N–H and O–H groups in total. The van der Waals surface area contributed by atoms with E-state index in [0.717, 1.165) is 67.9 Å². The normalized spacial score (nSPS) is 20.2. The summed E-state index contributed by atoms with van der Waals surface area (Å²) in [5.74, 6) is 1.60. The van der Waals surface area contributed by atoms with E-state index >= 15 is 0 Å². The number of nitrogens with zero attached hydrogens (tertiary/aromatic N) is 1. The summed E-state index contributed by atoms with van der Waals surface area (Å²) >= 11 is 3.59. The maximum absolute atomic E-state index is 6.11. The molecule has 2 heterocycles. The Morgan fingerprint density at radius 3 is 2.76 bits per heavy atom. The van der Waals surface area contributed by atoms with Crippen molar-refractivity contribution >= 4 is 15.9 Å². The van der Waals surface area contributed by atoms with Crippen molar-refractivity contribution in [3.63, 3.8) is 0 Å². The van der Waals surface area contributed by atoms with Crippen molar-refractivity contribution in [2.24, 2.45) is 0 Å². The number of hydrogen-bond donors (Lipinski definition) is 0. The summed E-state index contributed by atoms with van der Waals surface area (Å²) in [5.41, 5.74) is 2.71. The van der Waals surface area contributed by atoms with Crippen LogP contribution in [-0.4, -0.2) is 37.5 Å². The third kappa shape index (κ3) is 6.08. The zero-order valence-corrected chi connectivity index (χ0v) is 18.3. The second-order valence-electron chi connectivity index (χ2n) is 7.63. The highest BCUT2D eigenvalue weighted by molar-refractivity contribution is 9.10. The van der Waals surface area contributed by atoms with E-state index in [1.807, 2.05) is 18.2 Å². The van der Waals surface area contributed by atoms with Gasteiger partial charge >= 0.3 is 0 Å². The Labute approximate surface area is 181 Å². The first-order valence-electron chi connectivity index (χ1n) is 10.4. The van der Waals surface area contributed by atoms with Gasteiger partial charge in [-0.05, 0) is 58.5 Å².